The van der Waals surface area contributed by atoms with E-state index in [1.165, 1.54) is 17.8 Å². The second-order valence-electron chi connectivity index (χ2n) is 4.17. The Hall–Kier alpha value is -0.630. The van der Waals surface area contributed by atoms with Crippen molar-refractivity contribution in [2.75, 3.05) is 18.1 Å². The summed E-state index contributed by atoms with van der Waals surface area (Å²) in [5, 5.41) is 8.06. The van der Waals surface area contributed by atoms with Crippen LogP contribution in [0.3, 0.4) is 0 Å². The zero-order valence-electron chi connectivity index (χ0n) is 9.73. The monoisotopic (exact) mass is 290 g/mol. The fourth-order valence-corrected chi connectivity index (χ4v) is 3.52. The van der Waals surface area contributed by atoms with Crippen LogP contribution in [0, 0.1) is 5.82 Å². The molecule has 0 aromatic heterocycles. The Labute approximate surface area is 110 Å². The van der Waals surface area contributed by atoms with Crippen LogP contribution in [0.5, 0.6) is 0 Å². The lowest BCUT2D eigenvalue weighted by Crippen LogP contribution is -2.31. The molecule has 1 aliphatic heterocycles. The molecule has 1 aromatic rings. The zero-order valence-corrected chi connectivity index (χ0v) is 11.4. The number of primary sulfonamides is 1. The molecule has 7 heteroatoms. The van der Waals surface area contributed by atoms with Gasteiger partial charge < -0.3 is 5.32 Å². The van der Waals surface area contributed by atoms with Crippen LogP contribution in [0.4, 0.5) is 4.39 Å². The summed E-state index contributed by atoms with van der Waals surface area (Å²) in [5.74, 6) is 0.498. The van der Waals surface area contributed by atoms with Crippen molar-refractivity contribution in [3.8, 4) is 0 Å². The first kappa shape index (κ1) is 13.8. The Balaban J connectivity index is 2.06. The minimum absolute atomic E-state index is 0.00120. The first-order chi connectivity index (χ1) is 8.47. The zero-order chi connectivity index (χ0) is 13.2. The summed E-state index contributed by atoms with van der Waals surface area (Å²) in [6, 6.07) is 4.99. The maximum absolute atomic E-state index is 13.6. The van der Waals surface area contributed by atoms with Crippen molar-refractivity contribution in [1.82, 2.24) is 5.32 Å². The SMILES string of the molecule is NS(=O)(=O)CCNC1CCSc2c(F)cccc21. The van der Waals surface area contributed by atoms with Gasteiger partial charge in [0.2, 0.25) is 10.0 Å². The van der Waals surface area contributed by atoms with Crippen molar-refractivity contribution in [3.05, 3.63) is 29.6 Å². The van der Waals surface area contributed by atoms with Gasteiger partial charge in [0.25, 0.3) is 0 Å². The maximum atomic E-state index is 13.6. The minimum Gasteiger partial charge on any atom is -0.309 e. The summed E-state index contributed by atoms with van der Waals surface area (Å²) in [5.41, 5.74) is 0.903. The van der Waals surface area contributed by atoms with Crippen LogP contribution in [0.1, 0.15) is 18.0 Å². The standard InChI is InChI=1S/C11H15FN2O2S2/c12-9-3-1-2-8-10(4-6-17-11(8)9)14-5-7-18(13,15)16/h1-3,10,14H,4-7H2,(H2,13,15,16). The van der Waals surface area contributed by atoms with Crippen molar-refractivity contribution in [2.24, 2.45) is 5.14 Å². The van der Waals surface area contributed by atoms with Crippen LogP contribution >= 0.6 is 11.8 Å². The van der Waals surface area contributed by atoms with Crippen molar-refractivity contribution in [1.29, 1.82) is 0 Å². The molecular weight excluding hydrogens is 275 g/mol. The van der Waals surface area contributed by atoms with Gasteiger partial charge in [0.1, 0.15) is 5.82 Å². The minimum atomic E-state index is -3.45. The molecule has 0 saturated carbocycles. The molecule has 0 amide bonds. The highest BCUT2D eigenvalue weighted by molar-refractivity contribution is 7.99. The van der Waals surface area contributed by atoms with Crippen LogP contribution in [0.15, 0.2) is 23.1 Å². The fraction of sp³-hybridized carbons (Fsp3) is 0.455. The summed E-state index contributed by atoms with van der Waals surface area (Å²) in [6.07, 6.45) is 0.853. The molecule has 2 rings (SSSR count). The predicted molar refractivity (Wildman–Crippen MR) is 70.5 cm³/mol. The average Bonchev–Trinajstić information content (AvgIpc) is 2.29. The van der Waals surface area contributed by atoms with Gasteiger partial charge in [-0.15, -0.1) is 11.8 Å². The Kier molecular flexibility index (Phi) is 4.26. The number of hydrogen-bond donors (Lipinski definition) is 2. The molecule has 1 atom stereocenters. The first-order valence-electron chi connectivity index (χ1n) is 5.62. The third-order valence-corrected chi connectivity index (χ3v) is 4.74. The Morgan fingerprint density at radius 3 is 3.00 bits per heavy atom. The smallest absolute Gasteiger partial charge is 0.210 e. The van der Waals surface area contributed by atoms with Crippen LogP contribution in [-0.2, 0) is 10.0 Å². The van der Waals surface area contributed by atoms with Gasteiger partial charge in [-0.1, -0.05) is 12.1 Å². The molecule has 0 aliphatic carbocycles. The molecule has 1 aromatic carbocycles. The van der Waals surface area contributed by atoms with Gasteiger partial charge in [-0.3, -0.25) is 0 Å². The number of thioether (sulfide) groups is 1. The van der Waals surface area contributed by atoms with Crippen LogP contribution in [0.2, 0.25) is 0 Å². The number of sulfonamides is 1. The second-order valence-corrected chi connectivity index (χ2v) is 7.01. The number of nitrogens with two attached hydrogens (primary N) is 1. The summed E-state index contributed by atoms with van der Waals surface area (Å²) in [7, 11) is -3.45. The maximum Gasteiger partial charge on any atom is 0.210 e. The number of fused-ring (bicyclic) bond motifs is 1. The summed E-state index contributed by atoms with van der Waals surface area (Å²) in [4.78, 5) is 0.664. The molecule has 1 unspecified atom stereocenters. The first-order valence-corrected chi connectivity index (χ1v) is 8.32. The molecule has 0 bridgehead atoms. The Morgan fingerprint density at radius 1 is 1.50 bits per heavy atom. The lowest BCUT2D eigenvalue weighted by molar-refractivity contribution is 0.508. The van der Waals surface area contributed by atoms with E-state index in [0.717, 1.165) is 17.7 Å². The Bertz CT molecular complexity index is 534. The van der Waals surface area contributed by atoms with Crippen molar-refractivity contribution in [2.45, 2.75) is 17.4 Å². The van der Waals surface area contributed by atoms with Crippen molar-refractivity contribution >= 4 is 21.8 Å². The third kappa shape index (κ3) is 3.44. The van der Waals surface area contributed by atoms with Gasteiger partial charge in [-0.25, -0.2) is 17.9 Å². The fourth-order valence-electron chi connectivity index (χ4n) is 1.97. The van der Waals surface area contributed by atoms with E-state index in [-0.39, 0.29) is 24.2 Å². The highest BCUT2D eigenvalue weighted by Crippen LogP contribution is 2.37. The quantitative estimate of drug-likeness (QED) is 0.875. The number of nitrogens with one attached hydrogen (secondary N) is 1. The predicted octanol–water partition coefficient (Wildman–Crippen LogP) is 1.24. The van der Waals surface area contributed by atoms with Crippen LogP contribution < -0.4 is 10.5 Å². The number of rotatable bonds is 4. The van der Waals surface area contributed by atoms with Crippen LogP contribution in [-0.4, -0.2) is 26.5 Å². The van der Waals surface area contributed by atoms with E-state index in [4.69, 9.17) is 5.14 Å². The summed E-state index contributed by atoms with van der Waals surface area (Å²) < 4.78 is 35.3. The molecule has 0 saturated heterocycles. The molecule has 3 N–H and O–H groups in total. The van der Waals surface area contributed by atoms with E-state index in [1.54, 1.807) is 6.07 Å². The lowest BCUT2D eigenvalue weighted by atomic mass is 10.0. The molecular formula is C11H15FN2O2S2. The average molecular weight is 290 g/mol. The molecule has 0 spiro atoms. The molecule has 1 heterocycles. The van der Waals surface area contributed by atoms with Gasteiger partial charge in [0, 0.05) is 17.5 Å². The Morgan fingerprint density at radius 2 is 2.28 bits per heavy atom. The van der Waals surface area contributed by atoms with E-state index in [9.17, 15) is 12.8 Å². The molecule has 18 heavy (non-hydrogen) atoms. The van der Waals surface area contributed by atoms with Gasteiger partial charge >= 0.3 is 0 Å². The van der Waals surface area contributed by atoms with Gasteiger partial charge in [0.15, 0.2) is 0 Å². The van der Waals surface area contributed by atoms with Crippen molar-refractivity contribution in [3.63, 3.8) is 0 Å². The van der Waals surface area contributed by atoms with Gasteiger partial charge in [-0.05, 0) is 23.8 Å². The summed E-state index contributed by atoms with van der Waals surface area (Å²) >= 11 is 1.50. The second kappa shape index (κ2) is 5.56. The van der Waals surface area contributed by atoms with E-state index >= 15 is 0 Å². The van der Waals surface area contributed by atoms with E-state index < -0.39 is 10.0 Å². The lowest BCUT2D eigenvalue weighted by Gasteiger charge is -2.26. The van der Waals surface area contributed by atoms with Gasteiger partial charge in [0.05, 0.1) is 5.75 Å². The normalized spacial score (nSPS) is 19.6. The van der Waals surface area contributed by atoms with E-state index in [2.05, 4.69) is 5.32 Å². The van der Waals surface area contributed by atoms with E-state index in [0.29, 0.717) is 4.90 Å². The topological polar surface area (TPSA) is 72.2 Å². The van der Waals surface area contributed by atoms with Crippen LogP contribution in [0.25, 0.3) is 0 Å². The molecule has 100 valence electrons. The van der Waals surface area contributed by atoms with Crippen molar-refractivity contribution < 1.29 is 12.8 Å². The highest BCUT2D eigenvalue weighted by atomic mass is 32.2. The molecule has 4 nitrogen and oxygen atoms in total. The number of halogens is 1. The largest absolute Gasteiger partial charge is 0.309 e. The molecule has 0 fully saturated rings. The molecule has 1 aliphatic rings. The summed E-state index contributed by atoms with van der Waals surface area (Å²) in [6.45, 7) is 0.282. The molecule has 0 radical (unpaired) electrons. The number of benzene rings is 1. The highest BCUT2D eigenvalue weighted by Gasteiger charge is 2.22. The van der Waals surface area contributed by atoms with Gasteiger partial charge in [-0.2, -0.15) is 0 Å². The number of hydrogen-bond acceptors (Lipinski definition) is 4. The van der Waals surface area contributed by atoms with E-state index in [1.807, 2.05) is 6.07 Å². The third-order valence-electron chi connectivity index (χ3n) is 2.80.